The van der Waals surface area contributed by atoms with Crippen molar-refractivity contribution in [1.29, 1.82) is 0 Å². The van der Waals surface area contributed by atoms with E-state index >= 15 is 0 Å². The van der Waals surface area contributed by atoms with Crippen LogP contribution in [0.4, 0.5) is 11.4 Å². The number of anilines is 2. The van der Waals surface area contributed by atoms with Crippen LogP contribution in [-0.4, -0.2) is 12.5 Å². The van der Waals surface area contributed by atoms with Crippen LogP contribution in [0.2, 0.25) is 5.02 Å². The van der Waals surface area contributed by atoms with E-state index in [0.717, 1.165) is 5.69 Å². The Labute approximate surface area is 80.2 Å². The van der Waals surface area contributed by atoms with E-state index in [1.165, 1.54) is 5.01 Å². The fourth-order valence-corrected chi connectivity index (χ4v) is 1.44. The molecule has 0 aliphatic carbocycles. The number of hydrogen-bond acceptors (Lipinski definition) is 3. The Balaban J connectivity index is 2.49. The minimum atomic E-state index is -0.114. The van der Waals surface area contributed by atoms with Crippen LogP contribution in [0.3, 0.4) is 0 Å². The van der Waals surface area contributed by atoms with Crippen molar-refractivity contribution in [3.63, 3.8) is 0 Å². The van der Waals surface area contributed by atoms with E-state index in [4.69, 9.17) is 17.4 Å². The molecule has 1 aliphatic heterocycles. The topological polar surface area (TPSA) is 58.4 Å². The second-order valence-electron chi connectivity index (χ2n) is 2.84. The number of fused-ring (bicyclic) bond motifs is 1. The molecule has 0 saturated heterocycles. The number of halogens is 1. The third-order valence-corrected chi connectivity index (χ3v) is 2.09. The molecule has 1 heterocycles. The van der Waals surface area contributed by atoms with Gasteiger partial charge in [0.25, 0.3) is 0 Å². The SMILES string of the molecule is NN1CC(=O)Nc2ccc(Cl)cc21. The largest absolute Gasteiger partial charge is 0.323 e. The molecule has 13 heavy (non-hydrogen) atoms. The maximum absolute atomic E-state index is 11.1. The Morgan fingerprint density at radius 3 is 3.08 bits per heavy atom. The Bertz CT molecular complexity index is 366. The molecule has 1 aliphatic rings. The summed E-state index contributed by atoms with van der Waals surface area (Å²) in [6.07, 6.45) is 0. The number of hydrazine groups is 1. The molecule has 0 spiro atoms. The number of nitrogens with one attached hydrogen (secondary N) is 1. The molecule has 0 bridgehead atoms. The van der Waals surface area contributed by atoms with Crippen molar-refractivity contribution in [2.45, 2.75) is 0 Å². The molecule has 0 saturated carbocycles. The summed E-state index contributed by atoms with van der Waals surface area (Å²) in [5.74, 6) is 5.51. The summed E-state index contributed by atoms with van der Waals surface area (Å²) in [5.41, 5.74) is 1.44. The molecule has 0 unspecified atom stereocenters. The Morgan fingerprint density at radius 2 is 2.31 bits per heavy atom. The molecule has 3 N–H and O–H groups in total. The molecule has 0 fully saturated rings. The van der Waals surface area contributed by atoms with Crippen LogP contribution in [0.5, 0.6) is 0 Å². The first-order valence-corrected chi connectivity index (χ1v) is 4.16. The molecule has 2 rings (SSSR count). The highest BCUT2D eigenvalue weighted by molar-refractivity contribution is 6.31. The lowest BCUT2D eigenvalue weighted by Gasteiger charge is -2.26. The Morgan fingerprint density at radius 1 is 1.54 bits per heavy atom. The molecule has 1 amide bonds. The van der Waals surface area contributed by atoms with Gasteiger partial charge < -0.3 is 5.32 Å². The molecule has 0 aromatic heterocycles. The maximum atomic E-state index is 11.1. The first-order chi connectivity index (χ1) is 6.16. The third-order valence-electron chi connectivity index (χ3n) is 1.86. The average Bonchev–Trinajstić information content (AvgIpc) is 2.06. The van der Waals surface area contributed by atoms with Crippen LogP contribution in [0.1, 0.15) is 0 Å². The number of carbonyl (C=O) groups is 1. The summed E-state index contributed by atoms with van der Waals surface area (Å²) in [4.78, 5) is 11.1. The Kier molecular flexibility index (Phi) is 1.86. The van der Waals surface area contributed by atoms with E-state index in [-0.39, 0.29) is 12.5 Å². The van der Waals surface area contributed by atoms with E-state index in [1.54, 1.807) is 18.2 Å². The van der Waals surface area contributed by atoms with Gasteiger partial charge in [0, 0.05) is 5.02 Å². The van der Waals surface area contributed by atoms with Gasteiger partial charge in [0.1, 0.15) is 6.54 Å². The average molecular weight is 198 g/mol. The van der Waals surface area contributed by atoms with Gasteiger partial charge in [-0.05, 0) is 18.2 Å². The molecule has 68 valence electrons. The van der Waals surface area contributed by atoms with Gasteiger partial charge in [-0.15, -0.1) is 0 Å². The lowest BCUT2D eigenvalue weighted by molar-refractivity contribution is -0.115. The normalized spacial score (nSPS) is 15.2. The predicted molar refractivity (Wildman–Crippen MR) is 51.6 cm³/mol. The summed E-state index contributed by atoms with van der Waals surface area (Å²) in [6, 6.07) is 5.16. The fourth-order valence-electron chi connectivity index (χ4n) is 1.28. The van der Waals surface area contributed by atoms with E-state index in [9.17, 15) is 4.79 Å². The zero-order valence-electron chi connectivity index (χ0n) is 6.75. The summed E-state index contributed by atoms with van der Waals surface area (Å²) in [5, 5.41) is 4.68. The van der Waals surface area contributed by atoms with Gasteiger partial charge in [-0.25, -0.2) is 5.84 Å². The van der Waals surface area contributed by atoms with Crippen molar-refractivity contribution in [3.05, 3.63) is 23.2 Å². The fraction of sp³-hybridized carbons (Fsp3) is 0.125. The molecule has 5 heteroatoms. The number of rotatable bonds is 0. The highest BCUT2D eigenvalue weighted by atomic mass is 35.5. The van der Waals surface area contributed by atoms with Crippen molar-refractivity contribution in [1.82, 2.24) is 0 Å². The number of nitrogens with two attached hydrogens (primary N) is 1. The van der Waals surface area contributed by atoms with Gasteiger partial charge in [-0.3, -0.25) is 9.80 Å². The van der Waals surface area contributed by atoms with Crippen LogP contribution >= 0.6 is 11.6 Å². The van der Waals surface area contributed by atoms with E-state index < -0.39 is 0 Å². The number of benzene rings is 1. The molecular formula is C8H8ClN3O. The minimum Gasteiger partial charge on any atom is -0.323 e. The maximum Gasteiger partial charge on any atom is 0.245 e. The summed E-state index contributed by atoms with van der Waals surface area (Å²) >= 11 is 5.78. The van der Waals surface area contributed by atoms with Crippen molar-refractivity contribution >= 4 is 28.9 Å². The highest BCUT2D eigenvalue weighted by Gasteiger charge is 2.19. The molecule has 4 nitrogen and oxygen atoms in total. The van der Waals surface area contributed by atoms with Gasteiger partial charge in [-0.2, -0.15) is 0 Å². The monoisotopic (exact) mass is 197 g/mol. The van der Waals surface area contributed by atoms with Crippen LogP contribution < -0.4 is 16.2 Å². The molecular weight excluding hydrogens is 190 g/mol. The lowest BCUT2D eigenvalue weighted by Crippen LogP contribution is -2.42. The summed E-state index contributed by atoms with van der Waals surface area (Å²) in [6.45, 7) is 0.160. The predicted octanol–water partition coefficient (Wildman–Crippen LogP) is 0.972. The minimum absolute atomic E-state index is 0.114. The number of carbonyl (C=O) groups excluding carboxylic acids is 1. The van der Waals surface area contributed by atoms with Crippen molar-refractivity contribution in [3.8, 4) is 0 Å². The lowest BCUT2D eigenvalue weighted by atomic mass is 10.2. The Hall–Kier alpha value is -1.26. The zero-order chi connectivity index (χ0) is 9.42. The van der Waals surface area contributed by atoms with Gasteiger partial charge in [0.2, 0.25) is 5.91 Å². The highest BCUT2D eigenvalue weighted by Crippen LogP contribution is 2.29. The first kappa shape index (κ1) is 8.34. The molecule has 1 aromatic carbocycles. The van der Waals surface area contributed by atoms with E-state index in [0.29, 0.717) is 10.7 Å². The molecule has 1 aromatic rings. The van der Waals surface area contributed by atoms with E-state index in [2.05, 4.69) is 5.32 Å². The van der Waals surface area contributed by atoms with Gasteiger partial charge >= 0.3 is 0 Å². The van der Waals surface area contributed by atoms with Crippen LogP contribution in [0, 0.1) is 0 Å². The van der Waals surface area contributed by atoms with Crippen LogP contribution in [-0.2, 0) is 4.79 Å². The van der Waals surface area contributed by atoms with Gasteiger partial charge in [-0.1, -0.05) is 11.6 Å². The zero-order valence-corrected chi connectivity index (χ0v) is 7.51. The quantitative estimate of drug-likeness (QED) is 0.610. The van der Waals surface area contributed by atoms with Crippen molar-refractivity contribution in [2.24, 2.45) is 5.84 Å². The van der Waals surface area contributed by atoms with Crippen molar-refractivity contribution in [2.75, 3.05) is 16.9 Å². The first-order valence-electron chi connectivity index (χ1n) is 3.78. The van der Waals surface area contributed by atoms with Crippen LogP contribution in [0.15, 0.2) is 18.2 Å². The number of amides is 1. The summed E-state index contributed by atoms with van der Waals surface area (Å²) < 4.78 is 0. The van der Waals surface area contributed by atoms with Crippen molar-refractivity contribution < 1.29 is 4.79 Å². The second-order valence-corrected chi connectivity index (χ2v) is 3.27. The third kappa shape index (κ3) is 1.46. The van der Waals surface area contributed by atoms with E-state index in [1.807, 2.05) is 0 Å². The standard InChI is InChI=1S/C8H8ClN3O/c9-5-1-2-6-7(3-5)12(10)4-8(13)11-6/h1-3H,4,10H2,(H,11,13). The van der Waals surface area contributed by atoms with Gasteiger partial charge in [0.15, 0.2) is 0 Å². The summed E-state index contributed by atoms with van der Waals surface area (Å²) in [7, 11) is 0. The number of hydrogen-bond donors (Lipinski definition) is 2. The second kappa shape index (κ2) is 2.90. The molecule has 0 atom stereocenters. The van der Waals surface area contributed by atoms with Crippen LogP contribution in [0.25, 0.3) is 0 Å². The van der Waals surface area contributed by atoms with Gasteiger partial charge in [0.05, 0.1) is 11.4 Å². The number of nitrogens with zero attached hydrogens (tertiary/aromatic N) is 1. The smallest absolute Gasteiger partial charge is 0.245 e. The molecule has 0 radical (unpaired) electrons.